The second-order valence-electron chi connectivity index (χ2n) is 6.80. The number of methoxy groups -OCH3 is 1. The van der Waals surface area contributed by atoms with Gasteiger partial charge in [0.05, 0.1) is 25.8 Å². The van der Waals surface area contributed by atoms with Gasteiger partial charge in [-0.25, -0.2) is 9.97 Å². The third kappa shape index (κ3) is 4.72. The Bertz CT molecular complexity index is 1130. The molecule has 7 nitrogen and oxygen atoms in total. The predicted molar refractivity (Wildman–Crippen MR) is 116 cm³/mol. The highest BCUT2D eigenvalue weighted by Gasteiger charge is 2.11. The number of thiazole rings is 1. The maximum absolute atomic E-state index is 12.3. The SMILES string of the molecule is COc1ccc(-c2n[nH]c(CNC(=O)Cc3csc(-c4ccc(C)cc4)n3)n2)cc1. The average molecular weight is 420 g/mol. The van der Waals surface area contributed by atoms with Crippen LogP contribution in [0.4, 0.5) is 0 Å². The second-order valence-corrected chi connectivity index (χ2v) is 7.66. The number of carbonyl (C=O) groups is 1. The van der Waals surface area contributed by atoms with Crippen molar-refractivity contribution in [2.75, 3.05) is 7.11 Å². The first-order valence-corrected chi connectivity index (χ1v) is 10.3. The summed E-state index contributed by atoms with van der Waals surface area (Å²) in [4.78, 5) is 21.3. The summed E-state index contributed by atoms with van der Waals surface area (Å²) in [5, 5.41) is 12.8. The van der Waals surface area contributed by atoms with Gasteiger partial charge < -0.3 is 10.1 Å². The van der Waals surface area contributed by atoms with Crippen molar-refractivity contribution < 1.29 is 9.53 Å². The van der Waals surface area contributed by atoms with Gasteiger partial charge in [-0.2, -0.15) is 5.10 Å². The number of rotatable bonds is 7. The molecule has 2 aromatic carbocycles. The number of aromatic amines is 1. The van der Waals surface area contributed by atoms with Crippen LogP contribution in [0.5, 0.6) is 5.75 Å². The highest BCUT2D eigenvalue weighted by molar-refractivity contribution is 7.13. The fourth-order valence-electron chi connectivity index (χ4n) is 2.87. The molecule has 0 atom stereocenters. The summed E-state index contributed by atoms with van der Waals surface area (Å²) < 4.78 is 5.15. The monoisotopic (exact) mass is 419 g/mol. The third-order valence-corrected chi connectivity index (χ3v) is 5.47. The van der Waals surface area contributed by atoms with E-state index in [2.05, 4.69) is 44.5 Å². The number of benzene rings is 2. The van der Waals surface area contributed by atoms with E-state index in [0.717, 1.165) is 27.6 Å². The van der Waals surface area contributed by atoms with Gasteiger partial charge in [-0.3, -0.25) is 9.89 Å². The molecule has 8 heteroatoms. The van der Waals surface area contributed by atoms with Crippen LogP contribution in [0.25, 0.3) is 22.0 Å². The number of aromatic nitrogens is 4. The molecule has 0 aliphatic heterocycles. The molecule has 0 aliphatic rings. The molecule has 2 heterocycles. The molecule has 152 valence electrons. The van der Waals surface area contributed by atoms with Crippen LogP contribution in [0.2, 0.25) is 0 Å². The van der Waals surface area contributed by atoms with E-state index in [0.29, 0.717) is 11.6 Å². The minimum atomic E-state index is -0.113. The fraction of sp³-hybridized carbons (Fsp3) is 0.182. The van der Waals surface area contributed by atoms with Gasteiger partial charge in [-0.15, -0.1) is 11.3 Å². The van der Waals surface area contributed by atoms with Gasteiger partial charge in [-0.05, 0) is 31.2 Å². The number of ether oxygens (including phenoxy) is 1. The molecule has 0 bridgehead atoms. The van der Waals surface area contributed by atoms with E-state index in [1.54, 1.807) is 7.11 Å². The van der Waals surface area contributed by atoms with Crippen LogP contribution in [0.1, 0.15) is 17.1 Å². The van der Waals surface area contributed by atoms with Crippen molar-refractivity contribution in [2.24, 2.45) is 0 Å². The topological polar surface area (TPSA) is 92.8 Å². The first kappa shape index (κ1) is 19.8. The number of aryl methyl sites for hydroxylation is 1. The highest BCUT2D eigenvalue weighted by Crippen LogP contribution is 2.24. The molecule has 2 N–H and O–H groups in total. The summed E-state index contributed by atoms with van der Waals surface area (Å²) in [5.74, 6) is 1.82. The maximum atomic E-state index is 12.3. The third-order valence-electron chi connectivity index (χ3n) is 4.52. The van der Waals surface area contributed by atoms with Crippen LogP contribution < -0.4 is 10.1 Å². The molecule has 2 aromatic heterocycles. The molecule has 1 amide bonds. The van der Waals surface area contributed by atoms with Gasteiger partial charge >= 0.3 is 0 Å². The van der Waals surface area contributed by atoms with Crippen molar-refractivity contribution in [3.63, 3.8) is 0 Å². The molecule has 0 aliphatic carbocycles. The molecular formula is C22H21N5O2S. The molecule has 0 radical (unpaired) electrons. The quantitative estimate of drug-likeness (QED) is 0.476. The van der Waals surface area contributed by atoms with E-state index in [1.165, 1.54) is 16.9 Å². The lowest BCUT2D eigenvalue weighted by molar-refractivity contribution is -0.120. The average Bonchev–Trinajstić information content (AvgIpc) is 3.43. The van der Waals surface area contributed by atoms with E-state index in [1.807, 2.05) is 41.8 Å². The van der Waals surface area contributed by atoms with Crippen molar-refractivity contribution in [3.05, 3.63) is 71.0 Å². The van der Waals surface area contributed by atoms with Crippen LogP contribution in [0.15, 0.2) is 53.9 Å². The lowest BCUT2D eigenvalue weighted by Gasteiger charge is -2.01. The van der Waals surface area contributed by atoms with Crippen molar-refractivity contribution >= 4 is 17.2 Å². The molecule has 0 saturated heterocycles. The van der Waals surface area contributed by atoms with Gasteiger partial charge in [0.25, 0.3) is 0 Å². The summed E-state index contributed by atoms with van der Waals surface area (Å²) in [6, 6.07) is 15.7. The summed E-state index contributed by atoms with van der Waals surface area (Å²) in [5.41, 5.74) is 3.89. The smallest absolute Gasteiger partial charge is 0.226 e. The van der Waals surface area contributed by atoms with E-state index in [-0.39, 0.29) is 18.9 Å². The highest BCUT2D eigenvalue weighted by atomic mass is 32.1. The van der Waals surface area contributed by atoms with Gasteiger partial charge in [-0.1, -0.05) is 29.8 Å². The van der Waals surface area contributed by atoms with E-state index < -0.39 is 0 Å². The van der Waals surface area contributed by atoms with Crippen LogP contribution in [-0.2, 0) is 17.8 Å². The Morgan fingerprint density at radius 1 is 1.07 bits per heavy atom. The summed E-state index contributed by atoms with van der Waals surface area (Å²) in [6.07, 6.45) is 0.224. The molecule has 0 spiro atoms. The number of amides is 1. The van der Waals surface area contributed by atoms with E-state index in [9.17, 15) is 4.79 Å². The second kappa shape index (κ2) is 8.87. The molecule has 0 unspecified atom stereocenters. The summed E-state index contributed by atoms with van der Waals surface area (Å²) in [6.45, 7) is 2.33. The normalized spacial score (nSPS) is 10.7. The number of hydrogen-bond acceptors (Lipinski definition) is 6. The number of nitrogens with one attached hydrogen (secondary N) is 2. The van der Waals surface area contributed by atoms with Crippen LogP contribution in [-0.4, -0.2) is 33.2 Å². The molecule has 0 fully saturated rings. The van der Waals surface area contributed by atoms with Gasteiger partial charge in [0.1, 0.15) is 16.6 Å². The number of nitrogens with zero attached hydrogens (tertiary/aromatic N) is 3. The van der Waals surface area contributed by atoms with E-state index in [4.69, 9.17) is 4.74 Å². The Labute approximate surface area is 178 Å². The van der Waals surface area contributed by atoms with Crippen LogP contribution >= 0.6 is 11.3 Å². The Morgan fingerprint density at radius 2 is 1.80 bits per heavy atom. The van der Waals surface area contributed by atoms with E-state index >= 15 is 0 Å². The fourth-order valence-corrected chi connectivity index (χ4v) is 3.70. The number of carbonyl (C=O) groups excluding carboxylic acids is 1. The zero-order valence-corrected chi connectivity index (χ0v) is 17.5. The Balaban J connectivity index is 1.32. The standard InChI is InChI=1S/C22H21N5O2S/c1-14-3-5-16(6-4-14)22-24-17(13-30-22)11-20(28)23-12-19-25-21(27-26-19)15-7-9-18(29-2)10-8-15/h3-10,13H,11-12H2,1-2H3,(H,23,28)(H,25,26,27). The predicted octanol–water partition coefficient (Wildman–Crippen LogP) is 3.77. The van der Waals surface area contributed by atoms with Gasteiger partial charge in [0, 0.05) is 16.5 Å². The maximum Gasteiger partial charge on any atom is 0.226 e. The largest absolute Gasteiger partial charge is 0.497 e. The summed E-state index contributed by atoms with van der Waals surface area (Å²) >= 11 is 1.54. The molecule has 4 rings (SSSR count). The molecule has 4 aromatic rings. The minimum Gasteiger partial charge on any atom is -0.497 e. The molecular weight excluding hydrogens is 398 g/mol. The lowest BCUT2D eigenvalue weighted by atomic mass is 10.2. The van der Waals surface area contributed by atoms with Crippen molar-refractivity contribution in [2.45, 2.75) is 19.9 Å². The van der Waals surface area contributed by atoms with Gasteiger partial charge in [0.15, 0.2) is 5.82 Å². The first-order valence-electron chi connectivity index (χ1n) is 9.44. The zero-order chi connectivity index (χ0) is 20.9. The Kier molecular flexibility index (Phi) is 5.85. The number of H-pyrrole nitrogens is 1. The van der Waals surface area contributed by atoms with Gasteiger partial charge in [0.2, 0.25) is 5.91 Å². The number of hydrogen-bond donors (Lipinski definition) is 2. The van der Waals surface area contributed by atoms with Crippen molar-refractivity contribution in [1.29, 1.82) is 0 Å². The lowest BCUT2D eigenvalue weighted by Crippen LogP contribution is -2.25. The van der Waals surface area contributed by atoms with Crippen molar-refractivity contribution in [3.8, 4) is 27.7 Å². The minimum absolute atomic E-state index is 0.113. The van der Waals surface area contributed by atoms with Crippen LogP contribution in [0, 0.1) is 6.92 Å². The zero-order valence-electron chi connectivity index (χ0n) is 16.7. The Hall–Kier alpha value is -3.52. The molecule has 30 heavy (non-hydrogen) atoms. The van der Waals surface area contributed by atoms with Crippen molar-refractivity contribution in [1.82, 2.24) is 25.5 Å². The first-order chi connectivity index (χ1) is 14.6. The molecule has 0 saturated carbocycles. The summed E-state index contributed by atoms with van der Waals surface area (Å²) in [7, 11) is 1.62. The Morgan fingerprint density at radius 3 is 2.53 bits per heavy atom. The van der Waals surface area contributed by atoms with Crippen LogP contribution in [0.3, 0.4) is 0 Å².